The van der Waals surface area contributed by atoms with Gasteiger partial charge in [0.05, 0.1) is 0 Å². The zero-order valence-corrected chi connectivity index (χ0v) is 11.6. The second-order valence-electron chi connectivity index (χ2n) is 4.69. The van der Waals surface area contributed by atoms with Crippen LogP contribution in [0.1, 0.15) is 0 Å². The van der Waals surface area contributed by atoms with Gasteiger partial charge in [-0.2, -0.15) is 61.5 Å². The summed E-state index contributed by atoms with van der Waals surface area (Å²) in [4.78, 5) is 0. The van der Waals surface area contributed by atoms with E-state index in [9.17, 15) is 74.6 Å². The molecule has 0 fully saturated rings. The summed E-state index contributed by atoms with van der Waals surface area (Å²) in [6, 6.07) is 0. The highest BCUT2D eigenvalue weighted by molar-refractivity contribution is 5.10. The Kier molecular flexibility index (Phi) is 6.38. The summed E-state index contributed by atoms with van der Waals surface area (Å²) in [5.41, 5.74) is -7.98. The van der Waals surface area contributed by atoms with Crippen LogP contribution in [0.25, 0.3) is 0 Å². The van der Waals surface area contributed by atoms with Crippen molar-refractivity contribution in [2.75, 3.05) is 6.61 Å². The Labute approximate surface area is 136 Å². The molecule has 0 amide bonds. The normalized spacial score (nSPS) is 19.0. The van der Waals surface area contributed by atoms with Crippen molar-refractivity contribution in [1.82, 2.24) is 0 Å². The van der Waals surface area contributed by atoms with E-state index in [1.165, 1.54) is 0 Å². The number of rotatable bonds is 5. The van der Waals surface area contributed by atoms with Gasteiger partial charge in [0.2, 0.25) is 0 Å². The molecule has 0 aliphatic heterocycles. The van der Waals surface area contributed by atoms with Crippen molar-refractivity contribution in [3.05, 3.63) is 0 Å². The van der Waals surface area contributed by atoms with E-state index in [0.717, 1.165) is 0 Å². The molecule has 0 saturated heterocycles. The summed E-state index contributed by atoms with van der Waals surface area (Å²) in [5.74, 6) is -14.0. The third-order valence-corrected chi connectivity index (χ3v) is 2.74. The zero-order chi connectivity index (χ0) is 22.5. The van der Waals surface area contributed by atoms with E-state index in [1.807, 2.05) is 0 Å². The van der Waals surface area contributed by atoms with Gasteiger partial charge in [-0.25, -0.2) is 13.2 Å². The topological polar surface area (TPSA) is 9.23 Å². The molecule has 1 nitrogen and oxygen atoms in total. The minimum atomic E-state index is -7.98. The van der Waals surface area contributed by atoms with Gasteiger partial charge in [0.25, 0.3) is 6.17 Å². The summed E-state index contributed by atoms with van der Waals surface area (Å²) >= 11 is 0. The second-order valence-corrected chi connectivity index (χ2v) is 4.69. The van der Waals surface area contributed by atoms with Gasteiger partial charge in [0.1, 0.15) is 6.61 Å². The number of alkyl halides is 17. The van der Waals surface area contributed by atoms with Crippen molar-refractivity contribution in [2.24, 2.45) is 0 Å². The number of ether oxygens (including phenoxy) is 1. The largest absolute Gasteiger partial charge is 0.455 e. The summed E-state index contributed by atoms with van der Waals surface area (Å²) in [6.07, 6.45) is -36.0. The van der Waals surface area contributed by atoms with Crippen LogP contribution in [0, 0.1) is 0 Å². The van der Waals surface area contributed by atoms with Crippen LogP contribution < -0.4 is 0 Å². The number of hydrogen-bond acceptors (Lipinski definition) is 1. The molecule has 2 unspecified atom stereocenters. The molecule has 164 valence electrons. The summed E-state index contributed by atoms with van der Waals surface area (Å²) < 4.78 is 213. The van der Waals surface area contributed by atoms with E-state index in [1.54, 1.807) is 0 Å². The van der Waals surface area contributed by atoms with Crippen LogP contribution in [0.4, 0.5) is 74.6 Å². The lowest BCUT2D eigenvalue weighted by molar-refractivity contribution is -0.448. The first-order valence-corrected chi connectivity index (χ1v) is 5.67. The van der Waals surface area contributed by atoms with Gasteiger partial charge in [-0.3, -0.25) is 0 Å². The van der Waals surface area contributed by atoms with Gasteiger partial charge in [0, 0.05) is 0 Å². The summed E-state index contributed by atoms with van der Waals surface area (Å²) in [5, 5.41) is 0. The van der Waals surface area contributed by atoms with E-state index in [0.29, 0.717) is 0 Å². The third kappa shape index (κ3) is 4.44. The van der Waals surface area contributed by atoms with Crippen LogP contribution in [0.15, 0.2) is 0 Å². The molecule has 0 aromatic rings. The standard InChI is InChI=1S/C9H3F17O/c10-2(5(14,15)16)4(13,27-1-3(11,12)7(18,19)20)6(17,8(21,22)23)9(24,25)26/h2H,1H2. The lowest BCUT2D eigenvalue weighted by Gasteiger charge is -2.42. The minimum Gasteiger partial charge on any atom is -0.334 e. The highest BCUT2D eigenvalue weighted by atomic mass is 19.4. The molecule has 2 atom stereocenters. The summed E-state index contributed by atoms with van der Waals surface area (Å²) in [7, 11) is 0. The molecular weight excluding hydrogens is 447 g/mol. The predicted molar refractivity (Wildman–Crippen MR) is 47.7 cm³/mol. The molecule has 0 rings (SSSR count). The molecule has 0 aliphatic rings. The van der Waals surface area contributed by atoms with Gasteiger partial charge >= 0.3 is 42.2 Å². The van der Waals surface area contributed by atoms with Gasteiger partial charge in [-0.15, -0.1) is 0 Å². The molecule has 18 heteroatoms. The molecule has 0 aliphatic carbocycles. The fourth-order valence-corrected chi connectivity index (χ4v) is 1.38. The van der Waals surface area contributed by atoms with E-state index in [-0.39, 0.29) is 0 Å². The maximum absolute atomic E-state index is 13.8. The van der Waals surface area contributed by atoms with Crippen molar-refractivity contribution in [2.45, 2.75) is 48.3 Å². The Bertz CT molecular complexity index is 494. The first-order valence-electron chi connectivity index (χ1n) is 5.67. The maximum Gasteiger partial charge on any atom is 0.455 e. The van der Waals surface area contributed by atoms with Gasteiger partial charge in [0.15, 0.2) is 0 Å². The Hall–Kier alpha value is -1.23. The van der Waals surface area contributed by atoms with Crippen molar-refractivity contribution in [3.8, 4) is 0 Å². The maximum atomic E-state index is 13.8. The quantitative estimate of drug-likeness (QED) is 0.496. The summed E-state index contributed by atoms with van der Waals surface area (Å²) in [6.45, 7) is -4.04. The van der Waals surface area contributed by atoms with Crippen LogP contribution in [-0.2, 0) is 4.74 Å². The van der Waals surface area contributed by atoms with Gasteiger partial charge in [-0.1, -0.05) is 0 Å². The van der Waals surface area contributed by atoms with Crippen LogP contribution in [-0.4, -0.2) is 54.9 Å². The Morgan fingerprint density at radius 1 is 0.556 bits per heavy atom. The van der Waals surface area contributed by atoms with Gasteiger partial charge in [-0.05, 0) is 0 Å². The first kappa shape index (κ1) is 25.8. The molecule has 0 aromatic heterocycles. The van der Waals surface area contributed by atoms with E-state index in [4.69, 9.17) is 0 Å². The third-order valence-electron chi connectivity index (χ3n) is 2.74. The minimum absolute atomic E-state index is 2.08. The van der Waals surface area contributed by atoms with Crippen LogP contribution >= 0.6 is 0 Å². The molecule has 0 heterocycles. The Morgan fingerprint density at radius 2 is 0.889 bits per heavy atom. The van der Waals surface area contributed by atoms with E-state index >= 15 is 0 Å². The smallest absolute Gasteiger partial charge is 0.334 e. The SMILES string of the molecule is FC(C(F)(F)F)C(F)(OCC(F)(F)C(F)(F)F)C(F)(C(F)(F)F)C(F)(F)F. The van der Waals surface area contributed by atoms with Crippen molar-refractivity contribution in [1.29, 1.82) is 0 Å². The Morgan fingerprint density at radius 3 is 1.11 bits per heavy atom. The average Bonchev–Trinajstić information content (AvgIpc) is 2.38. The Balaban J connectivity index is 6.57. The average molecular weight is 450 g/mol. The second kappa shape index (κ2) is 6.68. The lowest BCUT2D eigenvalue weighted by atomic mass is 9.90. The molecule has 0 saturated carbocycles. The zero-order valence-electron chi connectivity index (χ0n) is 11.6. The molecular formula is C9H3F17O. The highest BCUT2D eigenvalue weighted by Gasteiger charge is 2.88. The van der Waals surface area contributed by atoms with Crippen molar-refractivity contribution < 1.29 is 79.4 Å². The molecule has 0 aromatic carbocycles. The van der Waals surface area contributed by atoms with Crippen LogP contribution in [0.3, 0.4) is 0 Å². The fourth-order valence-electron chi connectivity index (χ4n) is 1.38. The van der Waals surface area contributed by atoms with E-state index < -0.39 is 54.9 Å². The number of hydrogen-bond donors (Lipinski definition) is 0. The first-order chi connectivity index (χ1) is 11.4. The molecule has 0 bridgehead atoms. The molecule has 27 heavy (non-hydrogen) atoms. The predicted octanol–water partition coefficient (Wildman–Crippen LogP) is 5.60. The fraction of sp³-hybridized carbons (Fsp3) is 1.00. The lowest BCUT2D eigenvalue weighted by Crippen LogP contribution is -2.72. The molecule has 0 N–H and O–H groups in total. The highest BCUT2D eigenvalue weighted by Crippen LogP contribution is 2.58. The van der Waals surface area contributed by atoms with Crippen molar-refractivity contribution >= 4 is 0 Å². The van der Waals surface area contributed by atoms with E-state index in [2.05, 4.69) is 4.74 Å². The number of halogens is 17. The van der Waals surface area contributed by atoms with Crippen LogP contribution in [0.2, 0.25) is 0 Å². The molecule has 0 spiro atoms. The van der Waals surface area contributed by atoms with Gasteiger partial charge < -0.3 is 4.74 Å². The van der Waals surface area contributed by atoms with Crippen LogP contribution in [0.5, 0.6) is 0 Å². The molecule has 0 radical (unpaired) electrons. The monoisotopic (exact) mass is 450 g/mol. The van der Waals surface area contributed by atoms with Crippen molar-refractivity contribution in [3.63, 3.8) is 0 Å².